The Morgan fingerprint density at radius 2 is 2.38 bits per heavy atom. The third kappa shape index (κ3) is 2.90. The summed E-state index contributed by atoms with van der Waals surface area (Å²) in [5.41, 5.74) is 0. The van der Waals surface area contributed by atoms with E-state index in [1.165, 1.54) is 11.3 Å². The third-order valence-corrected chi connectivity index (χ3v) is 5.36. The number of nitrogens with zero attached hydrogens (tertiary/aromatic N) is 3. The Labute approximate surface area is 136 Å². The number of likely N-dealkylation sites (tertiary alicyclic amines) is 1. The number of carbonyl (C=O) groups excluding carboxylic acids is 1. The number of amides is 1. The lowest BCUT2D eigenvalue weighted by Gasteiger charge is -2.31. The first-order valence-corrected chi connectivity index (χ1v) is 8.32. The number of rotatable bonds is 2. The van der Waals surface area contributed by atoms with Crippen molar-refractivity contribution in [2.45, 2.75) is 18.8 Å². The summed E-state index contributed by atoms with van der Waals surface area (Å²) in [4.78, 5) is 15.1. The minimum absolute atomic E-state index is 0.0494. The molecule has 0 spiro atoms. The fourth-order valence-corrected chi connectivity index (χ4v) is 3.83. The number of aromatic amines is 1. The molecule has 0 radical (unpaired) electrons. The predicted molar refractivity (Wildman–Crippen MR) is 85.6 cm³/mol. The van der Waals surface area contributed by atoms with E-state index in [0.717, 1.165) is 25.2 Å². The second kappa shape index (κ2) is 5.90. The van der Waals surface area contributed by atoms with Crippen molar-refractivity contribution in [2.24, 2.45) is 7.05 Å². The smallest absolute Gasteiger partial charge is 0.263 e. The van der Waals surface area contributed by atoms with E-state index in [2.05, 4.69) is 10.2 Å². The molecule has 1 unspecified atom stereocenters. The molecule has 5 nitrogen and oxygen atoms in total. The summed E-state index contributed by atoms with van der Waals surface area (Å²) in [5, 5.41) is 7.11. The van der Waals surface area contributed by atoms with E-state index in [1.807, 2.05) is 16.5 Å². The zero-order valence-corrected chi connectivity index (χ0v) is 13.9. The number of carbonyl (C=O) groups is 1. The topological polar surface area (TPSA) is 53.9 Å². The van der Waals surface area contributed by atoms with Gasteiger partial charge in [-0.15, -0.1) is 11.3 Å². The van der Waals surface area contributed by atoms with E-state index < -0.39 is 0 Å². The zero-order chi connectivity index (χ0) is 15.0. The van der Waals surface area contributed by atoms with Crippen molar-refractivity contribution in [3.8, 4) is 0 Å². The van der Waals surface area contributed by atoms with Crippen LogP contribution in [0.15, 0.2) is 12.1 Å². The number of H-pyrrole nitrogens is 1. The fraction of sp³-hybridized carbons (Fsp3) is 0.462. The Balaban J connectivity index is 1.78. The molecule has 1 N–H and O–H groups in total. The minimum atomic E-state index is 0.0494. The van der Waals surface area contributed by atoms with Gasteiger partial charge in [-0.1, -0.05) is 11.6 Å². The van der Waals surface area contributed by atoms with E-state index in [1.54, 1.807) is 12.1 Å². The lowest BCUT2D eigenvalue weighted by Crippen LogP contribution is -2.39. The van der Waals surface area contributed by atoms with Gasteiger partial charge in [0, 0.05) is 26.1 Å². The molecule has 0 bridgehead atoms. The highest BCUT2D eigenvalue weighted by atomic mass is 35.5. The van der Waals surface area contributed by atoms with Gasteiger partial charge in [-0.05, 0) is 37.2 Å². The second-order valence-electron chi connectivity index (χ2n) is 5.14. The fourth-order valence-electron chi connectivity index (χ4n) is 2.68. The summed E-state index contributed by atoms with van der Waals surface area (Å²) in [6.07, 6.45) is 1.98. The second-order valence-corrected chi connectivity index (χ2v) is 7.24. The van der Waals surface area contributed by atoms with Crippen LogP contribution in [0.2, 0.25) is 4.34 Å². The lowest BCUT2D eigenvalue weighted by atomic mass is 9.97. The predicted octanol–water partition coefficient (Wildman–Crippen LogP) is 3.21. The maximum atomic E-state index is 12.5. The largest absolute Gasteiger partial charge is 0.337 e. The molecule has 2 aromatic heterocycles. The number of thiophene rings is 1. The van der Waals surface area contributed by atoms with Gasteiger partial charge in [0.25, 0.3) is 5.91 Å². The van der Waals surface area contributed by atoms with Crippen LogP contribution in [0.1, 0.15) is 34.3 Å². The summed E-state index contributed by atoms with van der Waals surface area (Å²) in [6, 6.07) is 3.55. The number of nitrogens with one attached hydrogen (secondary N) is 1. The van der Waals surface area contributed by atoms with Crippen LogP contribution in [0, 0.1) is 4.77 Å². The number of piperidine rings is 1. The Bertz CT molecular complexity index is 720. The third-order valence-electron chi connectivity index (χ3n) is 3.77. The van der Waals surface area contributed by atoms with Crippen molar-refractivity contribution < 1.29 is 4.79 Å². The van der Waals surface area contributed by atoms with Gasteiger partial charge in [0.1, 0.15) is 5.82 Å². The molecule has 0 aromatic carbocycles. The van der Waals surface area contributed by atoms with Crippen LogP contribution >= 0.6 is 35.2 Å². The van der Waals surface area contributed by atoms with Crippen LogP contribution in [0.5, 0.6) is 0 Å². The lowest BCUT2D eigenvalue weighted by molar-refractivity contribution is 0.0708. The standard InChI is InChI=1S/C13H15ClN4OS2/c1-17-11(15-16-13(17)20)8-3-2-6-18(7-8)12(19)9-4-5-10(14)21-9/h4-5,8H,2-3,6-7H2,1H3,(H,16,20). The van der Waals surface area contributed by atoms with Gasteiger partial charge < -0.3 is 9.47 Å². The number of halogens is 1. The molecular weight excluding hydrogens is 328 g/mol. The SMILES string of the molecule is Cn1c(C2CCCN(C(=O)c3ccc(Cl)s3)C2)n[nH]c1=S. The van der Waals surface area contributed by atoms with Crippen LogP contribution in [0.4, 0.5) is 0 Å². The summed E-state index contributed by atoms with van der Waals surface area (Å²) >= 11 is 12.4. The van der Waals surface area contributed by atoms with Crippen molar-refractivity contribution in [1.82, 2.24) is 19.7 Å². The molecule has 3 heterocycles. The first kappa shape index (κ1) is 14.7. The molecule has 1 saturated heterocycles. The van der Waals surface area contributed by atoms with Gasteiger partial charge in [-0.3, -0.25) is 9.89 Å². The first-order chi connectivity index (χ1) is 10.1. The average molecular weight is 343 g/mol. The maximum Gasteiger partial charge on any atom is 0.263 e. The maximum absolute atomic E-state index is 12.5. The normalized spacial score (nSPS) is 19.0. The minimum Gasteiger partial charge on any atom is -0.337 e. The molecule has 1 aliphatic heterocycles. The summed E-state index contributed by atoms with van der Waals surface area (Å²) in [7, 11) is 1.90. The Kier molecular flexibility index (Phi) is 4.14. The Hall–Kier alpha value is -1.18. The molecule has 1 aliphatic rings. The summed E-state index contributed by atoms with van der Waals surface area (Å²) in [5.74, 6) is 1.19. The van der Waals surface area contributed by atoms with Crippen molar-refractivity contribution >= 4 is 41.1 Å². The molecule has 21 heavy (non-hydrogen) atoms. The van der Waals surface area contributed by atoms with E-state index >= 15 is 0 Å². The highest BCUT2D eigenvalue weighted by molar-refractivity contribution is 7.71. The van der Waals surface area contributed by atoms with E-state index in [-0.39, 0.29) is 11.8 Å². The van der Waals surface area contributed by atoms with Crippen molar-refractivity contribution in [1.29, 1.82) is 0 Å². The molecule has 1 amide bonds. The number of hydrogen-bond donors (Lipinski definition) is 1. The van der Waals surface area contributed by atoms with Crippen molar-refractivity contribution in [3.63, 3.8) is 0 Å². The van der Waals surface area contributed by atoms with Crippen LogP contribution in [-0.2, 0) is 7.05 Å². The molecule has 2 aromatic rings. The van der Waals surface area contributed by atoms with Crippen LogP contribution in [0.3, 0.4) is 0 Å². The molecule has 0 saturated carbocycles. The molecule has 1 fully saturated rings. The Morgan fingerprint density at radius 1 is 1.57 bits per heavy atom. The summed E-state index contributed by atoms with van der Waals surface area (Å²) < 4.78 is 3.13. The summed E-state index contributed by atoms with van der Waals surface area (Å²) in [6.45, 7) is 1.45. The van der Waals surface area contributed by atoms with E-state index in [4.69, 9.17) is 23.8 Å². The van der Waals surface area contributed by atoms with Crippen molar-refractivity contribution in [2.75, 3.05) is 13.1 Å². The quantitative estimate of drug-likeness (QED) is 0.853. The first-order valence-electron chi connectivity index (χ1n) is 6.72. The highest BCUT2D eigenvalue weighted by Crippen LogP contribution is 2.28. The number of aromatic nitrogens is 3. The Morgan fingerprint density at radius 3 is 3.00 bits per heavy atom. The van der Waals surface area contributed by atoms with Crippen molar-refractivity contribution in [3.05, 3.63) is 31.9 Å². The van der Waals surface area contributed by atoms with E-state index in [0.29, 0.717) is 20.5 Å². The van der Waals surface area contributed by atoms with Gasteiger partial charge in [0.05, 0.1) is 9.21 Å². The molecule has 112 valence electrons. The molecule has 3 rings (SSSR count). The van der Waals surface area contributed by atoms with Gasteiger partial charge in [-0.25, -0.2) is 0 Å². The highest BCUT2D eigenvalue weighted by Gasteiger charge is 2.28. The molecule has 0 aliphatic carbocycles. The monoisotopic (exact) mass is 342 g/mol. The average Bonchev–Trinajstić information content (AvgIpc) is 3.06. The van der Waals surface area contributed by atoms with Gasteiger partial charge in [0.2, 0.25) is 0 Å². The molecule has 8 heteroatoms. The van der Waals surface area contributed by atoms with Crippen LogP contribution in [0.25, 0.3) is 0 Å². The van der Waals surface area contributed by atoms with E-state index in [9.17, 15) is 4.79 Å². The molecular formula is C13H15ClN4OS2. The van der Waals surface area contributed by atoms with Gasteiger partial charge in [-0.2, -0.15) is 5.10 Å². The van der Waals surface area contributed by atoms with Crippen LogP contribution in [-0.4, -0.2) is 38.7 Å². The number of hydrogen-bond acceptors (Lipinski definition) is 4. The zero-order valence-electron chi connectivity index (χ0n) is 11.5. The van der Waals surface area contributed by atoms with Crippen LogP contribution < -0.4 is 0 Å². The van der Waals surface area contributed by atoms with Gasteiger partial charge >= 0.3 is 0 Å². The van der Waals surface area contributed by atoms with Gasteiger partial charge in [0.15, 0.2) is 4.77 Å². The molecule has 1 atom stereocenters.